The lowest BCUT2D eigenvalue weighted by molar-refractivity contribution is -0.136. The summed E-state index contributed by atoms with van der Waals surface area (Å²) >= 11 is 5.99. The first kappa shape index (κ1) is 26.2. The lowest BCUT2D eigenvalue weighted by Gasteiger charge is -2.49. The van der Waals surface area contributed by atoms with Gasteiger partial charge in [0, 0.05) is 11.5 Å². The van der Waals surface area contributed by atoms with Crippen molar-refractivity contribution in [3.8, 4) is 5.75 Å². The van der Waals surface area contributed by atoms with Crippen molar-refractivity contribution in [1.29, 1.82) is 0 Å². The van der Waals surface area contributed by atoms with Crippen LogP contribution in [0.2, 0.25) is 5.02 Å². The molecule has 40 heavy (non-hydrogen) atoms. The molecular formula is C29H25ClFN3O6. The van der Waals surface area contributed by atoms with Gasteiger partial charge in [0.2, 0.25) is 23.6 Å². The molecule has 2 aliphatic carbocycles. The molecule has 0 aromatic heterocycles. The molecule has 2 aliphatic heterocycles. The molecule has 4 aliphatic rings. The maximum absolute atomic E-state index is 14.3. The molecule has 6 rings (SSSR count). The molecule has 9 nitrogen and oxygen atoms in total. The predicted molar refractivity (Wildman–Crippen MR) is 140 cm³/mol. The highest BCUT2D eigenvalue weighted by atomic mass is 35.5. The first-order valence-electron chi connectivity index (χ1n) is 12.9. The normalized spacial score (nSPS) is 31.2. The van der Waals surface area contributed by atoms with E-state index in [1.165, 1.54) is 12.1 Å². The van der Waals surface area contributed by atoms with Gasteiger partial charge in [0.1, 0.15) is 11.6 Å². The summed E-state index contributed by atoms with van der Waals surface area (Å²) in [6.45, 7) is 3.37. The van der Waals surface area contributed by atoms with E-state index < -0.39 is 70.5 Å². The number of aromatic hydroxyl groups is 1. The molecule has 0 spiro atoms. The number of halogens is 2. The van der Waals surface area contributed by atoms with Gasteiger partial charge in [-0.1, -0.05) is 41.4 Å². The molecule has 11 heteroatoms. The Morgan fingerprint density at radius 3 is 2.50 bits per heavy atom. The fourth-order valence-electron chi connectivity index (χ4n) is 7.36. The summed E-state index contributed by atoms with van der Waals surface area (Å²) in [7, 11) is 0. The van der Waals surface area contributed by atoms with Crippen LogP contribution in [-0.2, 0) is 19.2 Å². The number of phenols is 1. The summed E-state index contributed by atoms with van der Waals surface area (Å²) in [6.07, 6.45) is 1.98. The topological polar surface area (TPSA) is 138 Å². The molecule has 2 saturated heterocycles. The van der Waals surface area contributed by atoms with Crippen molar-refractivity contribution >= 4 is 46.9 Å². The van der Waals surface area contributed by atoms with Crippen LogP contribution >= 0.6 is 11.6 Å². The molecule has 0 unspecified atom stereocenters. The van der Waals surface area contributed by atoms with Gasteiger partial charge in [-0.15, -0.1) is 0 Å². The quantitative estimate of drug-likeness (QED) is 0.419. The summed E-state index contributed by atoms with van der Waals surface area (Å²) in [6, 6.07) is 7.53. The Labute approximate surface area is 233 Å². The fourth-order valence-corrected chi connectivity index (χ4v) is 7.54. The second-order valence-corrected chi connectivity index (χ2v) is 11.5. The van der Waals surface area contributed by atoms with Gasteiger partial charge in [-0.2, -0.15) is 4.90 Å². The van der Waals surface area contributed by atoms with Crippen LogP contribution in [0.1, 0.15) is 36.8 Å². The largest absolute Gasteiger partial charge is 0.507 e. The van der Waals surface area contributed by atoms with Crippen molar-refractivity contribution in [2.24, 2.45) is 34.8 Å². The van der Waals surface area contributed by atoms with E-state index in [4.69, 9.17) is 17.3 Å². The number of anilines is 1. The average Bonchev–Trinajstić information content (AvgIpc) is 3.27. The fraction of sp³-hybridized carbons (Fsp3) is 0.345. The number of likely N-dealkylation sites (tertiary alicyclic amines) is 1. The maximum Gasteiger partial charge on any atom is 0.328 e. The van der Waals surface area contributed by atoms with Gasteiger partial charge in [-0.05, 0) is 56.4 Å². The zero-order chi connectivity index (χ0) is 28.8. The molecule has 2 aromatic carbocycles. The van der Waals surface area contributed by atoms with Crippen LogP contribution in [0.3, 0.4) is 0 Å². The van der Waals surface area contributed by atoms with E-state index in [2.05, 4.69) is 0 Å². The number of hydrogen-bond acceptors (Lipinski definition) is 6. The number of rotatable bonds is 2. The molecule has 6 amide bonds. The van der Waals surface area contributed by atoms with Gasteiger partial charge in [0.05, 0.1) is 33.9 Å². The molecule has 1 saturated carbocycles. The van der Waals surface area contributed by atoms with Crippen molar-refractivity contribution in [3.05, 3.63) is 70.0 Å². The van der Waals surface area contributed by atoms with Gasteiger partial charge >= 0.3 is 6.03 Å². The second kappa shape index (κ2) is 8.72. The van der Waals surface area contributed by atoms with Crippen molar-refractivity contribution in [2.75, 3.05) is 4.90 Å². The van der Waals surface area contributed by atoms with E-state index in [0.717, 1.165) is 11.0 Å². The zero-order valence-electron chi connectivity index (χ0n) is 21.6. The predicted octanol–water partition coefficient (Wildman–Crippen LogP) is 3.80. The Morgan fingerprint density at radius 2 is 1.82 bits per heavy atom. The molecule has 3 N–H and O–H groups in total. The molecule has 2 heterocycles. The van der Waals surface area contributed by atoms with E-state index in [1.807, 2.05) is 0 Å². The van der Waals surface area contributed by atoms with E-state index in [1.54, 1.807) is 38.1 Å². The van der Waals surface area contributed by atoms with Crippen LogP contribution in [0.5, 0.6) is 5.75 Å². The van der Waals surface area contributed by atoms with Gasteiger partial charge in [0.15, 0.2) is 0 Å². The maximum atomic E-state index is 14.3. The minimum atomic E-state index is -1.40. The Bertz CT molecular complexity index is 1590. The number of fused-ring (bicyclic) bond motifs is 4. The van der Waals surface area contributed by atoms with E-state index in [-0.39, 0.29) is 29.3 Å². The van der Waals surface area contributed by atoms with Crippen LogP contribution in [0.4, 0.5) is 14.9 Å². The number of imide groups is 4. The molecule has 2 aromatic rings. The number of aryl methyl sites for hydroxylation is 1. The van der Waals surface area contributed by atoms with Gasteiger partial charge in [0.25, 0.3) is 0 Å². The number of para-hydroxylation sites is 1. The van der Waals surface area contributed by atoms with Crippen molar-refractivity contribution in [1.82, 2.24) is 4.90 Å². The summed E-state index contributed by atoms with van der Waals surface area (Å²) < 4.78 is 13.9. The summed E-state index contributed by atoms with van der Waals surface area (Å²) in [5.41, 5.74) is 5.68. The second-order valence-electron chi connectivity index (χ2n) is 11.1. The van der Waals surface area contributed by atoms with Crippen LogP contribution in [0.15, 0.2) is 48.0 Å². The van der Waals surface area contributed by atoms with Crippen molar-refractivity contribution in [3.63, 3.8) is 0 Å². The van der Waals surface area contributed by atoms with E-state index in [9.17, 15) is 33.5 Å². The Kier molecular flexibility index (Phi) is 5.71. The van der Waals surface area contributed by atoms with Gasteiger partial charge < -0.3 is 10.8 Å². The minimum absolute atomic E-state index is 0.0488. The molecule has 206 valence electrons. The lowest BCUT2D eigenvalue weighted by Crippen LogP contribution is -2.49. The van der Waals surface area contributed by atoms with Crippen LogP contribution in [0, 0.1) is 41.8 Å². The van der Waals surface area contributed by atoms with E-state index in [0.29, 0.717) is 21.6 Å². The highest BCUT2D eigenvalue weighted by Crippen LogP contribution is 2.64. The number of nitrogens with two attached hydrogens (primary N) is 1. The number of carbonyl (C=O) groups excluding carboxylic acids is 5. The number of phenolic OH excluding ortho intramolecular Hbond substituents is 1. The molecular weight excluding hydrogens is 541 g/mol. The summed E-state index contributed by atoms with van der Waals surface area (Å²) in [5.74, 6) is -7.52. The molecule has 0 radical (unpaired) electrons. The minimum Gasteiger partial charge on any atom is -0.507 e. The zero-order valence-corrected chi connectivity index (χ0v) is 22.3. The number of amides is 6. The number of carbonyl (C=O) groups is 5. The molecule has 3 fully saturated rings. The third-order valence-corrected chi connectivity index (χ3v) is 9.53. The Morgan fingerprint density at radius 1 is 1.10 bits per heavy atom. The third kappa shape index (κ3) is 3.28. The number of benzene rings is 2. The van der Waals surface area contributed by atoms with Crippen LogP contribution in [0.25, 0.3) is 0 Å². The van der Waals surface area contributed by atoms with E-state index >= 15 is 0 Å². The van der Waals surface area contributed by atoms with Crippen LogP contribution < -0.4 is 10.6 Å². The summed E-state index contributed by atoms with van der Waals surface area (Å²) in [4.78, 5) is 68.1. The summed E-state index contributed by atoms with van der Waals surface area (Å²) in [5, 5.41) is 10.9. The first-order valence-corrected chi connectivity index (χ1v) is 13.3. The lowest BCUT2D eigenvalue weighted by atomic mass is 9.51. The van der Waals surface area contributed by atoms with Crippen molar-refractivity contribution in [2.45, 2.75) is 32.6 Å². The average molecular weight is 566 g/mol. The molecule has 6 atom stereocenters. The Hall–Kier alpha value is -4.05. The van der Waals surface area contributed by atoms with Gasteiger partial charge in [-0.25, -0.2) is 14.1 Å². The highest BCUT2D eigenvalue weighted by Gasteiger charge is 2.68. The number of allylic oxidation sites excluding steroid dienone is 2. The number of hydrogen-bond donors (Lipinski definition) is 2. The Balaban J connectivity index is 1.55. The monoisotopic (exact) mass is 565 g/mol. The number of urea groups is 1. The SMILES string of the molecule is Cc1cccc([C@H]2C3=CC[C@@H]4C(=O)N(C(N)=O)C(=O)[C@@H]4[C@@H]3C[C@H]3C(=O)N(c4ccc(F)c(Cl)c4)C(=O)[C@@]23C)c1O. The third-order valence-electron chi connectivity index (χ3n) is 9.24. The van der Waals surface area contributed by atoms with Crippen molar-refractivity contribution < 1.29 is 33.5 Å². The standard InChI is InChI=1S/C29H25ClFN3O6/c1-12-4-3-5-16(23(12)35)22-14-7-8-15-21(26(38)34(24(15)36)28(32)40)17(14)11-18-25(37)33(27(39)29(18,22)2)13-6-9-20(31)19(30)10-13/h3-7,9-10,15,17-18,21-22,35H,8,11H2,1-2H3,(H2,32,40)/t15-,17+,18-,21-,22+,29+/m0/s1. The smallest absolute Gasteiger partial charge is 0.328 e. The van der Waals surface area contributed by atoms with Crippen LogP contribution in [-0.4, -0.2) is 39.7 Å². The van der Waals surface area contributed by atoms with Gasteiger partial charge in [-0.3, -0.25) is 19.2 Å². The first-order chi connectivity index (χ1) is 18.9. The molecule has 0 bridgehead atoms. The number of nitrogens with zero attached hydrogens (tertiary/aromatic N) is 2. The number of primary amides is 1. The highest BCUT2D eigenvalue weighted by molar-refractivity contribution is 6.31.